The zero-order valence-corrected chi connectivity index (χ0v) is 30.2. The lowest BCUT2D eigenvalue weighted by Gasteiger charge is -2.27. The van der Waals surface area contributed by atoms with Gasteiger partial charge in [0.15, 0.2) is 0 Å². The second-order valence-electron chi connectivity index (χ2n) is 14.4. The van der Waals surface area contributed by atoms with Crippen molar-refractivity contribution < 1.29 is 39.1 Å². The summed E-state index contributed by atoms with van der Waals surface area (Å²) in [4.78, 5) is 23.5. The van der Waals surface area contributed by atoms with E-state index >= 15 is 0 Å². The lowest BCUT2D eigenvalue weighted by molar-refractivity contribution is -0.159. The van der Waals surface area contributed by atoms with Crippen LogP contribution >= 0.6 is 0 Å². The van der Waals surface area contributed by atoms with Crippen molar-refractivity contribution in [1.82, 2.24) is 0 Å². The van der Waals surface area contributed by atoms with Crippen molar-refractivity contribution in [3.63, 3.8) is 0 Å². The van der Waals surface area contributed by atoms with Gasteiger partial charge < -0.3 is 29.5 Å². The molecule has 8 nitrogen and oxygen atoms in total. The van der Waals surface area contributed by atoms with Crippen LogP contribution in [0.3, 0.4) is 0 Å². The van der Waals surface area contributed by atoms with Crippen LogP contribution in [-0.2, 0) is 23.8 Å². The molecule has 3 N–H and O–H groups in total. The van der Waals surface area contributed by atoms with Gasteiger partial charge in [-0.1, -0.05) is 116 Å². The fourth-order valence-corrected chi connectivity index (χ4v) is 7.07. The number of aliphatic hydroxyl groups is 3. The van der Waals surface area contributed by atoms with E-state index in [0.717, 1.165) is 83.5 Å². The van der Waals surface area contributed by atoms with Crippen molar-refractivity contribution in [2.45, 2.75) is 224 Å². The van der Waals surface area contributed by atoms with Gasteiger partial charge in [0.1, 0.15) is 12.2 Å². The summed E-state index contributed by atoms with van der Waals surface area (Å²) >= 11 is 0. The van der Waals surface area contributed by atoms with Gasteiger partial charge in [0.25, 0.3) is 0 Å². The molecule has 0 radical (unpaired) electrons. The van der Waals surface area contributed by atoms with E-state index in [1.54, 1.807) is 0 Å². The van der Waals surface area contributed by atoms with Gasteiger partial charge in [-0.2, -0.15) is 0 Å². The van der Waals surface area contributed by atoms with E-state index < -0.39 is 18.3 Å². The number of aliphatic hydroxyl groups excluding tert-OH is 3. The second kappa shape index (κ2) is 25.5. The number of rotatable bonds is 29. The van der Waals surface area contributed by atoms with Gasteiger partial charge in [-0.3, -0.25) is 4.79 Å². The molecule has 0 aromatic rings. The molecule has 1 saturated heterocycles. The average molecular weight is 667 g/mol. The van der Waals surface area contributed by atoms with E-state index in [1.165, 1.54) is 58.3 Å². The SMILES string of the molecule is CCCCCCCCCCCC[C@@H](O)[C@@H]1CC[C@H]([C@@H](C[C@H](O)CCCCCCCCC[C@H](O)CCC2=C[C@@H](C)OC2=O)OC(C)=O)O1. The molecule has 0 unspecified atom stereocenters. The standard InChI is InChI=1S/C39H70O8/c1-4-5-6-7-8-9-10-14-17-20-23-35(43)36-26-27-37(47-36)38(46-31(3)40)29-34(42)22-19-16-13-11-12-15-18-21-33(41)25-24-32-28-30(2)45-39(32)44/h28,30,33-38,41-43H,4-27,29H2,1-3H3/t30-,33+,34-,35-,36+,37-,38-/m1/s1. The molecule has 0 amide bonds. The molecule has 0 aromatic heterocycles. The first kappa shape index (κ1) is 41.7. The monoisotopic (exact) mass is 667 g/mol. The van der Waals surface area contributed by atoms with Crippen LogP contribution in [0.15, 0.2) is 11.6 Å². The van der Waals surface area contributed by atoms with Gasteiger partial charge in [-0.05, 0) is 57.9 Å². The smallest absolute Gasteiger partial charge is 0.334 e. The predicted octanol–water partition coefficient (Wildman–Crippen LogP) is 8.41. The number of cyclic esters (lactones) is 1. The molecule has 1 fully saturated rings. The highest BCUT2D eigenvalue weighted by atomic mass is 16.6. The summed E-state index contributed by atoms with van der Waals surface area (Å²) in [6.07, 6.45) is 24.6. The van der Waals surface area contributed by atoms with Crippen LogP contribution < -0.4 is 0 Å². The van der Waals surface area contributed by atoms with Crippen LogP contribution in [0.25, 0.3) is 0 Å². The van der Waals surface area contributed by atoms with Gasteiger partial charge in [0.05, 0.1) is 30.5 Å². The van der Waals surface area contributed by atoms with Gasteiger partial charge in [-0.25, -0.2) is 4.79 Å². The third-order valence-electron chi connectivity index (χ3n) is 9.92. The Bertz CT molecular complexity index is 860. The Morgan fingerprint density at radius 3 is 1.81 bits per heavy atom. The van der Waals surface area contributed by atoms with E-state index in [4.69, 9.17) is 14.2 Å². The molecule has 0 aromatic carbocycles. The second-order valence-corrected chi connectivity index (χ2v) is 14.4. The maximum absolute atomic E-state index is 11.8. The van der Waals surface area contributed by atoms with Crippen LogP contribution in [0.5, 0.6) is 0 Å². The summed E-state index contributed by atoms with van der Waals surface area (Å²) in [6.45, 7) is 5.50. The molecule has 8 heteroatoms. The lowest BCUT2D eigenvalue weighted by atomic mass is 9.98. The number of hydrogen-bond acceptors (Lipinski definition) is 8. The Hall–Kier alpha value is -1.48. The molecular formula is C39H70O8. The number of hydrogen-bond donors (Lipinski definition) is 3. The summed E-state index contributed by atoms with van der Waals surface area (Å²) in [5, 5.41) is 31.7. The van der Waals surface area contributed by atoms with Crippen LogP contribution in [0, 0.1) is 0 Å². The first-order chi connectivity index (χ1) is 22.7. The molecule has 47 heavy (non-hydrogen) atoms. The van der Waals surface area contributed by atoms with Gasteiger partial charge in [0.2, 0.25) is 0 Å². The van der Waals surface area contributed by atoms with Crippen LogP contribution in [0.2, 0.25) is 0 Å². The van der Waals surface area contributed by atoms with Crippen molar-refractivity contribution in [3.05, 3.63) is 11.6 Å². The highest BCUT2D eigenvalue weighted by Crippen LogP contribution is 2.30. The summed E-state index contributed by atoms with van der Waals surface area (Å²) in [6, 6.07) is 0. The molecule has 2 heterocycles. The molecule has 2 aliphatic rings. The Labute approximate surface area is 286 Å². The number of esters is 2. The first-order valence-corrected chi connectivity index (χ1v) is 19.5. The minimum atomic E-state index is -0.551. The van der Waals surface area contributed by atoms with Crippen molar-refractivity contribution in [3.8, 4) is 0 Å². The topological polar surface area (TPSA) is 123 Å². The Balaban J connectivity index is 1.50. The highest BCUT2D eigenvalue weighted by Gasteiger charge is 2.37. The maximum atomic E-state index is 11.8. The largest absolute Gasteiger partial charge is 0.460 e. The van der Waals surface area contributed by atoms with Gasteiger partial charge in [-0.15, -0.1) is 0 Å². The van der Waals surface area contributed by atoms with Crippen molar-refractivity contribution >= 4 is 11.9 Å². The third-order valence-corrected chi connectivity index (χ3v) is 9.92. The zero-order valence-electron chi connectivity index (χ0n) is 30.2. The predicted molar refractivity (Wildman–Crippen MR) is 187 cm³/mol. The van der Waals surface area contributed by atoms with Crippen molar-refractivity contribution in [2.24, 2.45) is 0 Å². The lowest BCUT2D eigenvalue weighted by Crippen LogP contribution is -2.36. The molecular weight excluding hydrogens is 596 g/mol. The summed E-state index contributed by atoms with van der Waals surface area (Å²) in [5.74, 6) is -0.610. The Morgan fingerprint density at radius 2 is 1.28 bits per heavy atom. The summed E-state index contributed by atoms with van der Waals surface area (Å²) < 4.78 is 16.9. The van der Waals surface area contributed by atoms with E-state index in [2.05, 4.69) is 6.92 Å². The number of unbranched alkanes of at least 4 members (excludes halogenated alkanes) is 15. The zero-order chi connectivity index (χ0) is 34.3. The maximum Gasteiger partial charge on any atom is 0.334 e. The van der Waals surface area contributed by atoms with Gasteiger partial charge >= 0.3 is 11.9 Å². The molecule has 7 atom stereocenters. The highest BCUT2D eigenvalue weighted by molar-refractivity contribution is 5.90. The van der Waals surface area contributed by atoms with Crippen LogP contribution in [0.4, 0.5) is 0 Å². The quantitative estimate of drug-likeness (QED) is 0.0537. The van der Waals surface area contributed by atoms with Crippen molar-refractivity contribution in [1.29, 1.82) is 0 Å². The minimum absolute atomic E-state index is 0.153. The van der Waals surface area contributed by atoms with Crippen LogP contribution in [0.1, 0.15) is 181 Å². The number of carbonyl (C=O) groups excluding carboxylic acids is 2. The van der Waals surface area contributed by atoms with Crippen molar-refractivity contribution in [2.75, 3.05) is 0 Å². The molecule has 2 aliphatic heterocycles. The molecule has 0 spiro atoms. The summed E-state index contributed by atoms with van der Waals surface area (Å²) in [5.41, 5.74) is 0.689. The van der Waals surface area contributed by atoms with E-state index in [9.17, 15) is 24.9 Å². The minimum Gasteiger partial charge on any atom is -0.460 e. The number of ether oxygens (including phenoxy) is 3. The number of carbonyl (C=O) groups is 2. The third kappa shape index (κ3) is 19.3. The molecule has 274 valence electrons. The average Bonchev–Trinajstić information content (AvgIpc) is 3.65. The van der Waals surface area contributed by atoms with Crippen LogP contribution in [-0.4, -0.2) is 70.0 Å². The van der Waals surface area contributed by atoms with E-state index in [0.29, 0.717) is 31.3 Å². The fraction of sp³-hybridized carbons (Fsp3) is 0.897. The van der Waals surface area contributed by atoms with E-state index in [1.807, 2.05) is 13.0 Å². The first-order valence-electron chi connectivity index (χ1n) is 19.5. The molecule has 0 aliphatic carbocycles. The normalized spacial score (nSPS) is 22.1. The fourth-order valence-electron chi connectivity index (χ4n) is 7.07. The molecule has 0 saturated carbocycles. The molecule has 2 rings (SSSR count). The summed E-state index contributed by atoms with van der Waals surface area (Å²) in [7, 11) is 0. The molecule has 0 bridgehead atoms. The van der Waals surface area contributed by atoms with E-state index in [-0.39, 0.29) is 36.4 Å². The Kier molecular flexibility index (Phi) is 22.6. The Morgan fingerprint density at radius 1 is 0.766 bits per heavy atom. The van der Waals surface area contributed by atoms with Gasteiger partial charge in [0, 0.05) is 18.9 Å².